The van der Waals surface area contributed by atoms with Crippen molar-refractivity contribution in [2.75, 3.05) is 13.1 Å². The number of likely N-dealkylation sites (tertiary alicyclic amines) is 1. The number of hydrogen-bond donors (Lipinski definition) is 1. The maximum Gasteiger partial charge on any atom is 0.310 e. The average molecular weight is 294 g/mol. The monoisotopic (exact) mass is 294 g/mol. The Labute approximate surface area is 125 Å². The van der Waals surface area contributed by atoms with Crippen LogP contribution in [0.5, 0.6) is 0 Å². The first-order chi connectivity index (χ1) is 10.0. The highest BCUT2D eigenvalue weighted by Crippen LogP contribution is 2.37. The first-order valence-electron chi connectivity index (χ1n) is 7.61. The molecular formula is C16H23FN2O2. The number of aliphatic carboxylic acids is 1. The van der Waals surface area contributed by atoms with E-state index in [1.807, 2.05) is 6.92 Å². The molecule has 0 aromatic carbocycles. The molecule has 0 radical (unpaired) electrons. The highest BCUT2D eigenvalue weighted by Gasteiger charge is 2.42. The molecule has 1 fully saturated rings. The summed E-state index contributed by atoms with van der Waals surface area (Å²) in [5.74, 6) is -1.06. The number of piperidine rings is 1. The van der Waals surface area contributed by atoms with Gasteiger partial charge in [-0.1, -0.05) is 13.8 Å². The van der Waals surface area contributed by atoms with Gasteiger partial charge in [-0.2, -0.15) is 0 Å². The van der Waals surface area contributed by atoms with Crippen molar-refractivity contribution >= 4 is 5.97 Å². The highest BCUT2D eigenvalue weighted by atomic mass is 19.1. The first kappa shape index (κ1) is 15.9. The quantitative estimate of drug-likeness (QED) is 0.905. The van der Waals surface area contributed by atoms with Crippen LogP contribution in [0.4, 0.5) is 4.39 Å². The zero-order chi connectivity index (χ0) is 15.5. The lowest BCUT2D eigenvalue weighted by Gasteiger charge is -2.42. The van der Waals surface area contributed by atoms with Crippen molar-refractivity contribution in [1.82, 2.24) is 9.88 Å². The summed E-state index contributed by atoms with van der Waals surface area (Å²) in [6.07, 6.45) is 4.29. The van der Waals surface area contributed by atoms with Crippen molar-refractivity contribution in [3.05, 3.63) is 29.8 Å². The fraction of sp³-hybridized carbons (Fsp3) is 0.625. The van der Waals surface area contributed by atoms with Crippen LogP contribution in [-0.2, 0) is 4.79 Å². The van der Waals surface area contributed by atoms with E-state index in [-0.39, 0.29) is 11.9 Å². The summed E-state index contributed by atoms with van der Waals surface area (Å²) in [5, 5.41) is 9.58. The van der Waals surface area contributed by atoms with Gasteiger partial charge in [-0.05, 0) is 44.4 Å². The molecule has 2 atom stereocenters. The van der Waals surface area contributed by atoms with Crippen LogP contribution in [0.15, 0.2) is 18.3 Å². The number of nitrogens with zero attached hydrogens (tertiary/aromatic N) is 2. The van der Waals surface area contributed by atoms with Gasteiger partial charge in [0.2, 0.25) is 0 Å². The van der Waals surface area contributed by atoms with Crippen molar-refractivity contribution < 1.29 is 14.3 Å². The molecule has 1 aromatic rings. The van der Waals surface area contributed by atoms with Crippen molar-refractivity contribution in [1.29, 1.82) is 0 Å². The molecule has 0 spiro atoms. The van der Waals surface area contributed by atoms with Crippen LogP contribution in [0, 0.1) is 11.2 Å². The van der Waals surface area contributed by atoms with Crippen LogP contribution in [0.3, 0.4) is 0 Å². The predicted octanol–water partition coefficient (Wildman–Crippen LogP) is 3.25. The first-order valence-corrected chi connectivity index (χ1v) is 7.61. The summed E-state index contributed by atoms with van der Waals surface area (Å²) in [4.78, 5) is 18.0. The maximum atomic E-state index is 13.0. The zero-order valence-electron chi connectivity index (χ0n) is 12.7. The molecule has 1 aromatic heterocycles. The fourth-order valence-corrected chi connectivity index (χ4v) is 3.29. The molecule has 4 nitrogen and oxygen atoms in total. The molecule has 0 aliphatic carbocycles. The minimum Gasteiger partial charge on any atom is -0.481 e. The molecule has 0 bridgehead atoms. The third kappa shape index (κ3) is 3.23. The zero-order valence-corrected chi connectivity index (χ0v) is 12.7. The number of carbonyl (C=O) groups is 1. The molecule has 1 aliphatic heterocycles. The molecule has 0 amide bonds. The Morgan fingerprint density at radius 2 is 2.29 bits per heavy atom. The minimum absolute atomic E-state index is 0.0520. The summed E-state index contributed by atoms with van der Waals surface area (Å²) >= 11 is 0. The van der Waals surface area contributed by atoms with E-state index < -0.39 is 11.4 Å². The van der Waals surface area contributed by atoms with Gasteiger partial charge >= 0.3 is 5.97 Å². The van der Waals surface area contributed by atoms with Gasteiger partial charge in [0.1, 0.15) is 5.82 Å². The van der Waals surface area contributed by atoms with E-state index in [0.29, 0.717) is 13.0 Å². The average Bonchev–Trinajstić information content (AvgIpc) is 2.50. The number of rotatable bonds is 5. The van der Waals surface area contributed by atoms with E-state index in [9.17, 15) is 14.3 Å². The number of carboxylic acid groups (broad SMARTS) is 1. The van der Waals surface area contributed by atoms with E-state index in [1.165, 1.54) is 12.3 Å². The Morgan fingerprint density at radius 1 is 1.52 bits per heavy atom. The Kier molecular flexibility index (Phi) is 4.93. The fourth-order valence-electron chi connectivity index (χ4n) is 3.29. The Hall–Kier alpha value is -1.49. The Morgan fingerprint density at radius 3 is 2.81 bits per heavy atom. The molecular weight excluding hydrogens is 271 g/mol. The van der Waals surface area contributed by atoms with E-state index >= 15 is 0 Å². The molecule has 1 aliphatic rings. The lowest BCUT2D eigenvalue weighted by Crippen LogP contribution is -2.48. The van der Waals surface area contributed by atoms with Crippen LogP contribution < -0.4 is 0 Å². The molecule has 21 heavy (non-hydrogen) atoms. The molecule has 5 heteroatoms. The third-order valence-corrected chi connectivity index (χ3v) is 4.66. The van der Waals surface area contributed by atoms with Crippen molar-refractivity contribution in [3.63, 3.8) is 0 Å². The van der Waals surface area contributed by atoms with Crippen molar-refractivity contribution in [3.8, 4) is 0 Å². The van der Waals surface area contributed by atoms with Gasteiger partial charge < -0.3 is 5.11 Å². The second kappa shape index (κ2) is 6.52. The third-order valence-electron chi connectivity index (χ3n) is 4.66. The Bertz CT molecular complexity index is 492. The van der Waals surface area contributed by atoms with Gasteiger partial charge in [-0.25, -0.2) is 4.39 Å². The standard InChI is InChI=1S/C16H23FN2O2/c1-3-14(13-7-6-12(17)10-18-13)19-9-5-8-16(4-2,11-19)15(20)21/h6-7,10,14H,3-5,8-9,11H2,1-2H3,(H,20,21). The number of aromatic nitrogens is 1. The SMILES string of the molecule is CCC(c1ccc(F)cn1)N1CCCC(CC)(C(=O)O)C1. The minimum atomic E-state index is -0.711. The second-order valence-electron chi connectivity index (χ2n) is 5.84. The summed E-state index contributed by atoms with van der Waals surface area (Å²) in [6.45, 7) is 5.40. The summed E-state index contributed by atoms with van der Waals surface area (Å²) in [7, 11) is 0. The van der Waals surface area contributed by atoms with Gasteiger partial charge in [0, 0.05) is 6.54 Å². The molecule has 1 saturated heterocycles. The van der Waals surface area contributed by atoms with E-state index in [4.69, 9.17) is 0 Å². The Balaban J connectivity index is 2.22. The maximum absolute atomic E-state index is 13.0. The molecule has 0 saturated carbocycles. The summed E-state index contributed by atoms with van der Waals surface area (Å²) in [6, 6.07) is 3.17. The number of halogens is 1. The van der Waals surface area contributed by atoms with Crippen molar-refractivity contribution in [2.45, 2.75) is 45.6 Å². The van der Waals surface area contributed by atoms with E-state index in [2.05, 4.69) is 16.8 Å². The second-order valence-corrected chi connectivity index (χ2v) is 5.84. The number of carboxylic acids is 1. The van der Waals surface area contributed by atoms with Gasteiger partial charge in [0.05, 0.1) is 23.3 Å². The predicted molar refractivity (Wildman–Crippen MR) is 78.4 cm³/mol. The molecule has 1 N–H and O–H groups in total. The van der Waals surface area contributed by atoms with Gasteiger partial charge in [-0.15, -0.1) is 0 Å². The molecule has 116 valence electrons. The largest absolute Gasteiger partial charge is 0.481 e. The van der Waals surface area contributed by atoms with Crippen LogP contribution in [0.25, 0.3) is 0 Å². The topological polar surface area (TPSA) is 53.4 Å². The molecule has 2 unspecified atom stereocenters. The number of pyridine rings is 1. The van der Waals surface area contributed by atoms with Crippen LogP contribution in [-0.4, -0.2) is 34.0 Å². The van der Waals surface area contributed by atoms with Crippen LogP contribution >= 0.6 is 0 Å². The smallest absolute Gasteiger partial charge is 0.310 e. The summed E-state index contributed by atoms with van der Waals surface area (Å²) < 4.78 is 13.0. The molecule has 2 rings (SSSR count). The van der Waals surface area contributed by atoms with Crippen molar-refractivity contribution in [2.24, 2.45) is 5.41 Å². The van der Waals surface area contributed by atoms with E-state index in [1.54, 1.807) is 6.07 Å². The lowest BCUT2D eigenvalue weighted by atomic mass is 9.77. The van der Waals surface area contributed by atoms with Gasteiger partial charge in [0.15, 0.2) is 0 Å². The van der Waals surface area contributed by atoms with Crippen LogP contribution in [0.2, 0.25) is 0 Å². The van der Waals surface area contributed by atoms with E-state index in [0.717, 1.165) is 31.5 Å². The van der Waals surface area contributed by atoms with Crippen LogP contribution in [0.1, 0.15) is 51.3 Å². The molecule has 2 heterocycles. The highest BCUT2D eigenvalue weighted by molar-refractivity contribution is 5.75. The normalized spacial score (nSPS) is 24.7. The number of hydrogen-bond acceptors (Lipinski definition) is 3. The van der Waals surface area contributed by atoms with Gasteiger partial charge in [0.25, 0.3) is 0 Å². The lowest BCUT2D eigenvalue weighted by molar-refractivity contribution is -0.153. The van der Waals surface area contributed by atoms with Gasteiger partial charge in [-0.3, -0.25) is 14.7 Å². The summed E-state index contributed by atoms with van der Waals surface area (Å²) in [5.41, 5.74) is 0.155.